The van der Waals surface area contributed by atoms with Gasteiger partial charge in [-0.2, -0.15) is 0 Å². The number of para-hydroxylation sites is 1. The molecule has 2 aromatic carbocycles. The number of esters is 1. The second kappa shape index (κ2) is 6.78. The molecule has 0 saturated carbocycles. The zero-order valence-electron chi connectivity index (χ0n) is 12.5. The normalized spacial score (nSPS) is 10.3. The van der Waals surface area contributed by atoms with Gasteiger partial charge < -0.3 is 9.15 Å². The van der Waals surface area contributed by atoms with Crippen molar-refractivity contribution in [2.24, 2.45) is 0 Å². The molecule has 24 heavy (non-hydrogen) atoms. The smallest absolute Gasteiger partial charge is 0.426 e. The molecule has 0 N–H and O–H groups in total. The molecule has 0 fully saturated rings. The van der Waals surface area contributed by atoms with E-state index in [1.165, 1.54) is 0 Å². The largest absolute Gasteiger partial charge is 0.457 e. The molecule has 0 bridgehead atoms. The number of rotatable bonds is 4. The highest BCUT2D eigenvalue weighted by molar-refractivity contribution is 5.88. The highest BCUT2D eigenvalue weighted by atomic mass is 16.5. The van der Waals surface area contributed by atoms with E-state index < -0.39 is 17.3 Å². The molecule has 3 aromatic rings. The molecule has 0 amide bonds. The predicted octanol–water partition coefficient (Wildman–Crippen LogP) is 2.15. The van der Waals surface area contributed by atoms with Crippen LogP contribution in [0.15, 0.2) is 80.9 Å². The zero-order chi connectivity index (χ0) is 16.9. The summed E-state index contributed by atoms with van der Waals surface area (Å²) < 4.78 is 10.7. The molecule has 0 saturated heterocycles. The van der Waals surface area contributed by atoms with E-state index >= 15 is 0 Å². The van der Waals surface area contributed by atoms with E-state index in [9.17, 15) is 14.4 Å². The molecular formula is C18H13NO5. The average molecular weight is 323 g/mol. The molecule has 0 spiro atoms. The monoisotopic (exact) mass is 323 g/mol. The molecule has 3 rings (SSSR count). The zero-order valence-corrected chi connectivity index (χ0v) is 12.5. The minimum Gasteiger partial charge on any atom is -0.457 e. The SMILES string of the molecule is O=C(OCc1ccccc1)c1coc(=O)n(-c2ccccc2)c1=O. The maximum absolute atomic E-state index is 12.4. The van der Waals surface area contributed by atoms with E-state index in [0.29, 0.717) is 5.69 Å². The van der Waals surface area contributed by atoms with E-state index in [-0.39, 0.29) is 12.2 Å². The van der Waals surface area contributed by atoms with Gasteiger partial charge in [0, 0.05) is 0 Å². The molecule has 0 unspecified atom stereocenters. The Balaban J connectivity index is 1.90. The lowest BCUT2D eigenvalue weighted by atomic mass is 10.2. The molecule has 0 radical (unpaired) electrons. The van der Waals surface area contributed by atoms with Gasteiger partial charge in [-0.3, -0.25) is 4.79 Å². The standard InChI is InChI=1S/C18H13NO5/c20-16-15(17(21)23-11-13-7-3-1-4-8-13)12-24-18(22)19(16)14-9-5-2-6-10-14/h1-10,12H,11H2. The molecule has 6 heteroatoms. The fourth-order valence-electron chi connectivity index (χ4n) is 2.15. The third-order valence-electron chi connectivity index (χ3n) is 3.34. The lowest BCUT2D eigenvalue weighted by Gasteiger charge is -2.07. The van der Waals surface area contributed by atoms with Crippen molar-refractivity contribution in [1.29, 1.82) is 0 Å². The number of ether oxygens (including phenoxy) is 1. The Morgan fingerprint density at radius 2 is 1.58 bits per heavy atom. The molecule has 1 aromatic heterocycles. The van der Waals surface area contributed by atoms with Crippen LogP contribution in [0.2, 0.25) is 0 Å². The maximum Gasteiger partial charge on any atom is 0.426 e. The van der Waals surface area contributed by atoms with Crippen LogP contribution in [0.4, 0.5) is 0 Å². The van der Waals surface area contributed by atoms with Crippen molar-refractivity contribution in [3.63, 3.8) is 0 Å². The molecule has 0 atom stereocenters. The Hall–Kier alpha value is -3.41. The van der Waals surface area contributed by atoms with Crippen molar-refractivity contribution in [1.82, 2.24) is 4.57 Å². The summed E-state index contributed by atoms with van der Waals surface area (Å²) in [5.41, 5.74) is -0.0227. The Morgan fingerprint density at radius 3 is 2.25 bits per heavy atom. The molecule has 1 heterocycles. The summed E-state index contributed by atoms with van der Waals surface area (Å²) in [6.07, 6.45) is 0.831. The van der Waals surface area contributed by atoms with Crippen LogP contribution in [-0.2, 0) is 11.3 Å². The van der Waals surface area contributed by atoms with Crippen molar-refractivity contribution < 1.29 is 13.9 Å². The van der Waals surface area contributed by atoms with E-state index in [1.54, 1.807) is 42.5 Å². The lowest BCUT2D eigenvalue weighted by molar-refractivity contribution is 0.0466. The number of carbonyl (C=O) groups is 1. The summed E-state index contributed by atoms with van der Waals surface area (Å²) in [5, 5.41) is 0. The van der Waals surface area contributed by atoms with Crippen molar-refractivity contribution in [3.05, 3.63) is 99.0 Å². The fourth-order valence-corrected chi connectivity index (χ4v) is 2.15. The van der Waals surface area contributed by atoms with E-state index in [2.05, 4.69) is 0 Å². The highest BCUT2D eigenvalue weighted by Gasteiger charge is 2.18. The topological polar surface area (TPSA) is 78.5 Å². The Morgan fingerprint density at radius 1 is 0.958 bits per heavy atom. The molecule has 0 aliphatic rings. The Kier molecular flexibility index (Phi) is 4.38. The van der Waals surface area contributed by atoms with Gasteiger partial charge in [0.1, 0.15) is 12.9 Å². The van der Waals surface area contributed by atoms with E-state index in [0.717, 1.165) is 16.4 Å². The molecule has 120 valence electrons. The summed E-state index contributed by atoms with van der Waals surface area (Å²) in [6, 6.07) is 17.3. The van der Waals surface area contributed by atoms with E-state index in [1.807, 2.05) is 18.2 Å². The van der Waals surface area contributed by atoms with Crippen molar-refractivity contribution in [2.75, 3.05) is 0 Å². The van der Waals surface area contributed by atoms with Gasteiger partial charge in [0.25, 0.3) is 5.56 Å². The lowest BCUT2D eigenvalue weighted by Crippen LogP contribution is -2.34. The molecule has 6 nitrogen and oxygen atoms in total. The van der Waals surface area contributed by atoms with Crippen LogP contribution in [0.3, 0.4) is 0 Å². The van der Waals surface area contributed by atoms with Crippen LogP contribution < -0.4 is 11.3 Å². The summed E-state index contributed by atoms with van der Waals surface area (Å²) in [7, 11) is 0. The molecule has 0 aliphatic carbocycles. The van der Waals surface area contributed by atoms with Crippen LogP contribution in [0.1, 0.15) is 15.9 Å². The van der Waals surface area contributed by atoms with Crippen LogP contribution in [-0.4, -0.2) is 10.5 Å². The Bertz CT molecular complexity index is 958. The summed E-state index contributed by atoms with van der Waals surface area (Å²) >= 11 is 0. The van der Waals surface area contributed by atoms with Crippen LogP contribution in [0.5, 0.6) is 0 Å². The van der Waals surface area contributed by atoms with Crippen LogP contribution in [0.25, 0.3) is 5.69 Å². The highest BCUT2D eigenvalue weighted by Crippen LogP contribution is 2.05. The number of aromatic nitrogens is 1. The summed E-state index contributed by atoms with van der Waals surface area (Å²) in [5.74, 6) is -1.72. The third kappa shape index (κ3) is 3.17. The maximum atomic E-state index is 12.4. The van der Waals surface area contributed by atoms with Gasteiger partial charge in [-0.05, 0) is 17.7 Å². The Labute approximate surface area is 136 Å². The first kappa shape index (κ1) is 15.5. The van der Waals surface area contributed by atoms with Gasteiger partial charge >= 0.3 is 11.7 Å². The van der Waals surface area contributed by atoms with Gasteiger partial charge in [-0.1, -0.05) is 48.5 Å². The van der Waals surface area contributed by atoms with Gasteiger partial charge in [0.15, 0.2) is 5.56 Å². The first-order chi connectivity index (χ1) is 11.7. The second-order valence-electron chi connectivity index (χ2n) is 4.95. The second-order valence-corrected chi connectivity index (χ2v) is 4.95. The van der Waals surface area contributed by atoms with Gasteiger partial charge in [-0.15, -0.1) is 0 Å². The van der Waals surface area contributed by atoms with E-state index in [4.69, 9.17) is 9.15 Å². The summed E-state index contributed by atoms with van der Waals surface area (Å²) in [6.45, 7) is 0.0174. The third-order valence-corrected chi connectivity index (χ3v) is 3.34. The fraction of sp³-hybridized carbons (Fsp3) is 0.0556. The van der Waals surface area contributed by atoms with Crippen molar-refractivity contribution >= 4 is 5.97 Å². The first-order valence-corrected chi connectivity index (χ1v) is 7.18. The van der Waals surface area contributed by atoms with Gasteiger partial charge in [0.05, 0.1) is 5.69 Å². The quantitative estimate of drug-likeness (QED) is 0.687. The van der Waals surface area contributed by atoms with Gasteiger partial charge in [-0.25, -0.2) is 14.2 Å². The number of nitrogens with zero attached hydrogens (tertiary/aromatic N) is 1. The average Bonchev–Trinajstić information content (AvgIpc) is 2.62. The number of carbonyl (C=O) groups excluding carboxylic acids is 1. The molecular weight excluding hydrogens is 310 g/mol. The first-order valence-electron chi connectivity index (χ1n) is 7.18. The molecule has 0 aliphatic heterocycles. The van der Waals surface area contributed by atoms with Crippen molar-refractivity contribution in [3.8, 4) is 5.69 Å². The van der Waals surface area contributed by atoms with Gasteiger partial charge in [0.2, 0.25) is 0 Å². The number of hydrogen-bond acceptors (Lipinski definition) is 5. The number of benzene rings is 2. The predicted molar refractivity (Wildman–Crippen MR) is 86.1 cm³/mol. The minimum absolute atomic E-state index is 0.0174. The van der Waals surface area contributed by atoms with Crippen LogP contribution in [0, 0.1) is 0 Å². The van der Waals surface area contributed by atoms with Crippen LogP contribution >= 0.6 is 0 Å². The van der Waals surface area contributed by atoms with Crippen molar-refractivity contribution in [2.45, 2.75) is 6.61 Å². The number of hydrogen-bond donors (Lipinski definition) is 0. The summed E-state index contributed by atoms with van der Waals surface area (Å²) in [4.78, 5) is 36.4. The minimum atomic E-state index is -0.870.